The number of likely N-dealkylation sites (tertiary alicyclic amines) is 1. The van der Waals surface area contributed by atoms with E-state index in [2.05, 4.69) is 4.90 Å². The molecule has 12 heavy (non-hydrogen) atoms. The number of aliphatic hydroxyl groups excluding tert-OH is 1. The van der Waals surface area contributed by atoms with Gasteiger partial charge in [-0.1, -0.05) is 6.42 Å². The zero-order valence-corrected chi connectivity index (χ0v) is 7.71. The molecule has 0 aromatic carbocycles. The minimum absolute atomic E-state index is 0.407. The van der Waals surface area contributed by atoms with Crippen molar-refractivity contribution in [1.29, 1.82) is 0 Å². The predicted molar refractivity (Wildman–Crippen MR) is 49.0 cm³/mol. The highest BCUT2D eigenvalue weighted by Gasteiger charge is 2.33. The van der Waals surface area contributed by atoms with Gasteiger partial charge in [-0.05, 0) is 44.7 Å². The molecule has 2 rings (SSSR count). The molecule has 2 fully saturated rings. The standard InChI is InChI=1S/C10H19NO/c12-8-9-6-10(7-9)11-4-2-1-3-5-11/h9-10,12H,1-8H2. The Balaban J connectivity index is 1.72. The van der Waals surface area contributed by atoms with Crippen LogP contribution in [0.5, 0.6) is 0 Å². The molecule has 0 spiro atoms. The summed E-state index contributed by atoms with van der Waals surface area (Å²) < 4.78 is 0. The van der Waals surface area contributed by atoms with Crippen LogP contribution >= 0.6 is 0 Å². The van der Waals surface area contributed by atoms with Crippen LogP contribution in [0, 0.1) is 5.92 Å². The first-order valence-electron chi connectivity index (χ1n) is 5.25. The van der Waals surface area contributed by atoms with Gasteiger partial charge in [0.15, 0.2) is 0 Å². The third kappa shape index (κ3) is 1.64. The number of rotatable bonds is 2. The SMILES string of the molecule is OCC1CC(N2CCCCC2)C1. The molecule has 0 aromatic heterocycles. The summed E-state index contributed by atoms with van der Waals surface area (Å²) in [5, 5.41) is 8.88. The lowest BCUT2D eigenvalue weighted by atomic mass is 9.79. The molecule has 2 nitrogen and oxygen atoms in total. The second-order valence-electron chi connectivity index (χ2n) is 4.27. The second kappa shape index (κ2) is 3.75. The van der Waals surface area contributed by atoms with Crippen LogP contribution in [-0.2, 0) is 0 Å². The van der Waals surface area contributed by atoms with Crippen LogP contribution in [0.2, 0.25) is 0 Å². The van der Waals surface area contributed by atoms with Crippen LogP contribution in [0.3, 0.4) is 0 Å². The van der Waals surface area contributed by atoms with Gasteiger partial charge in [0.25, 0.3) is 0 Å². The molecule has 1 aliphatic carbocycles. The van der Waals surface area contributed by atoms with Crippen LogP contribution in [0.1, 0.15) is 32.1 Å². The zero-order chi connectivity index (χ0) is 8.39. The first-order valence-corrected chi connectivity index (χ1v) is 5.25. The van der Waals surface area contributed by atoms with Crippen LogP contribution < -0.4 is 0 Å². The number of hydrogen-bond donors (Lipinski definition) is 1. The van der Waals surface area contributed by atoms with Gasteiger partial charge < -0.3 is 10.0 Å². The summed E-state index contributed by atoms with van der Waals surface area (Å²) in [6, 6.07) is 0.822. The van der Waals surface area contributed by atoms with Gasteiger partial charge in [-0.15, -0.1) is 0 Å². The summed E-state index contributed by atoms with van der Waals surface area (Å²) in [4.78, 5) is 2.62. The Morgan fingerprint density at radius 3 is 2.33 bits per heavy atom. The van der Waals surface area contributed by atoms with Gasteiger partial charge in [0, 0.05) is 12.6 Å². The number of piperidine rings is 1. The van der Waals surface area contributed by atoms with Crippen LogP contribution in [0.4, 0.5) is 0 Å². The van der Waals surface area contributed by atoms with Gasteiger partial charge in [-0.25, -0.2) is 0 Å². The Labute approximate surface area is 74.6 Å². The summed E-state index contributed by atoms with van der Waals surface area (Å²) >= 11 is 0. The Hall–Kier alpha value is -0.0800. The molecule has 0 unspecified atom stereocenters. The number of aliphatic hydroxyl groups is 1. The summed E-state index contributed by atoms with van der Waals surface area (Å²) in [7, 11) is 0. The normalized spacial score (nSPS) is 37.8. The first kappa shape index (κ1) is 8.52. The van der Waals surface area contributed by atoms with Gasteiger partial charge in [-0.2, -0.15) is 0 Å². The Morgan fingerprint density at radius 1 is 1.08 bits per heavy atom. The van der Waals surface area contributed by atoms with Gasteiger partial charge >= 0.3 is 0 Å². The molecule has 0 aromatic rings. The van der Waals surface area contributed by atoms with Gasteiger partial charge in [0.2, 0.25) is 0 Å². The monoisotopic (exact) mass is 169 g/mol. The largest absolute Gasteiger partial charge is 0.396 e. The molecule has 2 aliphatic rings. The maximum atomic E-state index is 8.88. The Kier molecular flexibility index (Phi) is 2.66. The highest BCUT2D eigenvalue weighted by molar-refractivity contribution is 4.87. The van der Waals surface area contributed by atoms with Gasteiger partial charge in [0.05, 0.1) is 0 Å². The second-order valence-corrected chi connectivity index (χ2v) is 4.27. The molecule has 1 aliphatic heterocycles. The average Bonchev–Trinajstić information content (AvgIpc) is 2.04. The van der Waals surface area contributed by atoms with Crippen LogP contribution in [-0.4, -0.2) is 35.7 Å². The Bertz CT molecular complexity index is 137. The average molecular weight is 169 g/mol. The third-order valence-corrected chi connectivity index (χ3v) is 3.38. The van der Waals surface area contributed by atoms with Crippen molar-refractivity contribution < 1.29 is 5.11 Å². The van der Waals surface area contributed by atoms with Crippen LogP contribution in [0.25, 0.3) is 0 Å². The lowest BCUT2D eigenvalue weighted by Crippen LogP contribution is -2.47. The summed E-state index contributed by atoms with van der Waals surface area (Å²) in [6.07, 6.45) is 6.69. The van der Waals surface area contributed by atoms with E-state index in [0.717, 1.165) is 6.04 Å². The maximum absolute atomic E-state index is 8.88. The molecule has 0 bridgehead atoms. The highest BCUT2D eigenvalue weighted by atomic mass is 16.3. The van der Waals surface area contributed by atoms with Gasteiger partial charge in [0.1, 0.15) is 0 Å². The minimum atomic E-state index is 0.407. The van der Waals surface area contributed by atoms with E-state index < -0.39 is 0 Å². The van der Waals surface area contributed by atoms with E-state index in [-0.39, 0.29) is 0 Å². The van der Waals surface area contributed by atoms with E-state index in [4.69, 9.17) is 5.11 Å². The zero-order valence-electron chi connectivity index (χ0n) is 7.71. The van der Waals surface area contributed by atoms with E-state index in [1.54, 1.807) is 0 Å². The fourth-order valence-corrected chi connectivity index (χ4v) is 2.43. The molecule has 0 radical (unpaired) electrons. The molecule has 1 heterocycles. The molecule has 2 heteroatoms. The Morgan fingerprint density at radius 2 is 1.75 bits per heavy atom. The fraction of sp³-hybridized carbons (Fsp3) is 1.00. The quantitative estimate of drug-likeness (QED) is 0.672. The molecule has 1 saturated heterocycles. The van der Waals surface area contributed by atoms with Crippen molar-refractivity contribution in [3.63, 3.8) is 0 Å². The van der Waals surface area contributed by atoms with Crippen molar-refractivity contribution in [2.75, 3.05) is 19.7 Å². The molecule has 1 N–H and O–H groups in total. The maximum Gasteiger partial charge on any atom is 0.0460 e. The van der Waals surface area contributed by atoms with Crippen molar-refractivity contribution in [2.45, 2.75) is 38.1 Å². The van der Waals surface area contributed by atoms with Crippen molar-refractivity contribution >= 4 is 0 Å². The summed E-state index contributed by atoms with van der Waals surface area (Å²) in [5.41, 5.74) is 0. The van der Waals surface area contributed by atoms with Gasteiger partial charge in [-0.3, -0.25) is 0 Å². The minimum Gasteiger partial charge on any atom is -0.396 e. The lowest BCUT2D eigenvalue weighted by Gasteiger charge is -2.44. The highest BCUT2D eigenvalue weighted by Crippen LogP contribution is 2.32. The van der Waals surface area contributed by atoms with Crippen molar-refractivity contribution in [3.05, 3.63) is 0 Å². The molecule has 0 atom stereocenters. The smallest absolute Gasteiger partial charge is 0.0460 e. The van der Waals surface area contributed by atoms with E-state index in [0.29, 0.717) is 12.5 Å². The van der Waals surface area contributed by atoms with Crippen molar-refractivity contribution in [1.82, 2.24) is 4.90 Å². The predicted octanol–water partition coefficient (Wildman–Crippen LogP) is 1.24. The summed E-state index contributed by atoms with van der Waals surface area (Å²) in [6.45, 7) is 3.02. The lowest BCUT2D eigenvalue weighted by molar-refractivity contribution is 0.0345. The van der Waals surface area contributed by atoms with Crippen LogP contribution in [0.15, 0.2) is 0 Å². The van der Waals surface area contributed by atoms with Crippen molar-refractivity contribution in [3.8, 4) is 0 Å². The fourth-order valence-electron chi connectivity index (χ4n) is 2.43. The number of nitrogens with zero attached hydrogens (tertiary/aromatic N) is 1. The molecule has 0 amide bonds. The molecular formula is C10H19NO. The van der Waals surface area contributed by atoms with E-state index in [9.17, 15) is 0 Å². The topological polar surface area (TPSA) is 23.5 Å². The molecule has 70 valence electrons. The van der Waals surface area contributed by atoms with E-state index in [1.165, 1.54) is 45.2 Å². The summed E-state index contributed by atoms with van der Waals surface area (Å²) in [5.74, 6) is 0.622. The van der Waals surface area contributed by atoms with Crippen molar-refractivity contribution in [2.24, 2.45) is 5.92 Å². The third-order valence-electron chi connectivity index (χ3n) is 3.38. The molecule has 1 saturated carbocycles. The molecular weight excluding hydrogens is 150 g/mol. The first-order chi connectivity index (χ1) is 5.90. The number of hydrogen-bond acceptors (Lipinski definition) is 2. The van der Waals surface area contributed by atoms with E-state index in [1.807, 2.05) is 0 Å². The van der Waals surface area contributed by atoms with E-state index >= 15 is 0 Å².